The number of aromatic nitrogens is 2. The summed E-state index contributed by atoms with van der Waals surface area (Å²) in [5, 5.41) is 4.18. The number of ether oxygens (including phenoxy) is 10. The van der Waals surface area contributed by atoms with Gasteiger partial charge in [0.1, 0.15) is 12.2 Å². The Kier molecular flexibility index (Phi) is 31.6. The van der Waals surface area contributed by atoms with Gasteiger partial charge in [-0.05, 0) is 30.5 Å². The number of rotatable bonds is 41. The molecule has 20 nitrogen and oxygen atoms in total. The molecule has 0 atom stereocenters. The summed E-state index contributed by atoms with van der Waals surface area (Å²) in [5.41, 5.74) is 15.2. The van der Waals surface area contributed by atoms with Gasteiger partial charge >= 0.3 is 0 Å². The fourth-order valence-electron chi connectivity index (χ4n) is 5.67. The minimum Gasteiger partial charge on any atom is -0.387 e. The monoisotopic (exact) mass is 906 g/mol. The van der Waals surface area contributed by atoms with Gasteiger partial charge in [0.15, 0.2) is 0 Å². The molecule has 0 unspecified atom stereocenters. The molecule has 64 heavy (non-hydrogen) atoms. The lowest BCUT2D eigenvalue weighted by Crippen LogP contribution is -2.34. The average Bonchev–Trinajstić information content (AvgIpc) is 3.48. The van der Waals surface area contributed by atoms with Crippen LogP contribution in [0.25, 0.3) is 17.2 Å². The van der Waals surface area contributed by atoms with Crippen LogP contribution in [0, 0.1) is 0 Å². The van der Waals surface area contributed by atoms with Crippen LogP contribution in [-0.2, 0) is 61.8 Å². The molecule has 0 aliphatic carbocycles. The van der Waals surface area contributed by atoms with E-state index < -0.39 is 0 Å². The topological polar surface area (TPSA) is 241 Å². The number of amides is 2. The Hall–Kier alpha value is -4.03. The number of nitrogens with zero attached hydrogens (tertiary/aromatic N) is 4. The van der Waals surface area contributed by atoms with Crippen molar-refractivity contribution in [1.82, 2.24) is 20.3 Å². The lowest BCUT2D eigenvalue weighted by Gasteiger charge is -2.22. The Morgan fingerprint density at radius 2 is 1.14 bits per heavy atom. The SMILES string of the molecule is CCCN(OCCCC(=O)NCCOCCOCCOCCOCCOCCOCCOCCOCCOCCOCCN)C(=O)C1=Cc2ccc(-c3cncnc3)cc2N=C(N)C1. The second kappa shape index (κ2) is 37.2. The molecule has 2 amide bonds. The fourth-order valence-corrected chi connectivity index (χ4v) is 5.67. The van der Waals surface area contributed by atoms with Crippen LogP contribution in [0.2, 0.25) is 0 Å². The van der Waals surface area contributed by atoms with E-state index in [0.29, 0.717) is 182 Å². The minimum atomic E-state index is -0.286. The van der Waals surface area contributed by atoms with Crippen molar-refractivity contribution >= 4 is 29.4 Å². The van der Waals surface area contributed by atoms with Gasteiger partial charge in [0.05, 0.1) is 144 Å². The van der Waals surface area contributed by atoms with Crippen LogP contribution in [0.5, 0.6) is 0 Å². The van der Waals surface area contributed by atoms with E-state index in [1.54, 1.807) is 18.5 Å². The molecule has 2 aromatic rings. The van der Waals surface area contributed by atoms with Gasteiger partial charge in [-0.2, -0.15) is 0 Å². The highest BCUT2D eigenvalue weighted by atomic mass is 16.7. The van der Waals surface area contributed by atoms with E-state index in [1.807, 2.05) is 25.1 Å². The summed E-state index contributed by atoms with van der Waals surface area (Å²) in [4.78, 5) is 44.5. The van der Waals surface area contributed by atoms with Crippen molar-refractivity contribution in [3.05, 3.63) is 48.1 Å². The van der Waals surface area contributed by atoms with Crippen LogP contribution in [0.1, 0.15) is 38.2 Å². The maximum absolute atomic E-state index is 13.5. The highest BCUT2D eigenvalue weighted by Crippen LogP contribution is 2.31. The molecule has 0 saturated heterocycles. The number of hydroxylamine groups is 2. The second-order valence-electron chi connectivity index (χ2n) is 14.0. The third-order valence-corrected chi connectivity index (χ3v) is 8.79. The Labute approximate surface area is 377 Å². The lowest BCUT2D eigenvalue weighted by atomic mass is 10.0. The van der Waals surface area contributed by atoms with E-state index in [1.165, 1.54) is 11.4 Å². The molecule has 1 aliphatic rings. The van der Waals surface area contributed by atoms with E-state index in [4.69, 9.17) is 63.7 Å². The first-order valence-corrected chi connectivity index (χ1v) is 22.1. The number of aliphatic imine (C=N–C) groups is 1. The van der Waals surface area contributed by atoms with Crippen LogP contribution in [0.4, 0.5) is 5.69 Å². The average molecular weight is 906 g/mol. The van der Waals surface area contributed by atoms with Gasteiger partial charge in [-0.3, -0.25) is 14.4 Å². The molecule has 0 radical (unpaired) electrons. The standard InChI is InChI=1S/C44H71N7O13/c1-2-9-51(44(53)39-31-38-6-5-37(40-34-47-36-48-35-40)32-41(38)50-42(46)33-39)64-10-3-4-43(52)49-8-12-55-14-16-57-18-20-59-22-24-61-26-28-63-30-29-62-27-25-60-23-21-58-19-17-56-15-13-54-11-7-45/h5-6,31-32,34-36H,2-4,7-30,33,45H2,1H3,(H2,46,50)(H,49,52). The van der Waals surface area contributed by atoms with Gasteiger partial charge in [-0.25, -0.2) is 20.0 Å². The molecular formula is C44H71N7O13. The number of fused-ring (bicyclic) bond motifs is 1. The summed E-state index contributed by atoms with van der Waals surface area (Å²) in [7, 11) is 0. The Bertz CT molecular complexity index is 1580. The zero-order valence-electron chi connectivity index (χ0n) is 37.6. The zero-order chi connectivity index (χ0) is 45.6. The first kappa shape index (κ1) is 54.3. The highest BCUT2D eigenvalue weighted by molar-refractivity contribution is 6.05. The molecule has 20 heteroatoms. The van der Waals surface area contributed by atoms with Crippen molar-refractivity contribution in [2.24, 2.45) is 16.5 Å². The molecule has 1 aromatic heterocycles. The molecule has 0 saturated carbocycles. The van der Waals surface area contributed by atoms with Gasteiger partial charge in [0, 0.05) is 61.6 Å². The molecule has 0 spiro atoms. The highest BCUT2D eigenvalue weighted by Gasteiger charge is 2.22. The summed E-state index contributed by atoms with van der Waals surface area (Å²) in [6.07, 6.45) is 8.28. The molecule has 3 rings (SSSR count). The van der Waals surface area contributed by atoms with Gasteiger partial charge in [0.25, 0.3) is 5.91 Å². The van der Waals surface area contributed by atoms with Crippen LogP contribution in [0.3, 0.4) is 0 Å². The van der Waals surface area contributed by atoms with E-state index in [2.05, 4.69) is 20.3 Å². The predicted octanol–water partition coefficient (Wildman–Crippen LogP) is 2.11. The third-order valence-electron chi connectivity index (χ3n) is 8.79. The molecule has 360 valence electrons. The van der Waals surface area contributed by atoms with Crippen molar-refractivity contribution in [3.63, 3.8) is 0 Å². The number of hydrogen-bond donors (Lipinski definition) is 3. The van der Waals surface area contributed by atoms with E-state index in [9.17, 15) is 9.59 Å². The third kappa shape index (κ3) is 26.1. The first-order valence-electron chi connectivity index (χ1n) is 22.1. The van der Waals surface area contributed by atoms with Gasteiger partial charge in [-0.15, -0.1) is 0 Å². The summed E-state index contributed by atoms with van der Waals surface area (Å²) in [6.45, 7) is 13.0. The number of carbonyl (C=O) groups excluding carboxylic acids is 2. The summed E-state index contributed by atoms with van der Waals surface area (Å²) in [5.74, 6) is -0.0883. The quantitative estimate of drug-likeness (QED) is 0.0640. The van der Waals surface area contributed by atoms with Crippen LogP contribution in [0.15, 0.2) is 47.5 Å². The van der Waals surface area contributed by atoms with Crippen LogP contribution < -0.4 is 16.8 Å². The van der Waals surface area contributed by atoms with Crippen LogP contribution in [-0.4, -0.2) is 191 Å². The Balaban J connectivity index is 1.06. The van der Waals surface area contributed by atoms with Crippen molar-refractivity contribution in [2.45, 2.75) is 32.6 Å². The molecular weight excluding hydrogens is 835 g/mol. The Morgan fingerprint density at radius 3 is 1.62 bits per heavy atom. The first-order chi connectivity index (χ1) is 31.5. The number of benzene rings is 1. The zero-order valence-corrected chi connectivity index (χ0v) is 37.6. The smallest absolute Gasteiger partial charge is 0.273 e. The van der Waals surface area contributed by atoms with Crippen molar-refractivity contribution in [2.75, 3.05) is 158 Å². The van der Waals surface area contributed by atoms with E-state index in [0.717, 1.165) is 16.7 Å². The maximum Gasteiger partial charge on any atom is 0.273 e. The number of hydrogen-bond acceptors (Lipinski definition) is 18. The minimum absolute atomic E-state index is 0.125. The number of nitrogens with one attached hydrogen (secondary N) is 1. The van der Waals surface area contributed by atoms with Gasteiger partial charge in [-0.1, -0.05) is 19.1 Å². The summed E-state index contributed by atoms with van der Waals surface area (Å²) < 4.78 is 54.6. The van der Waals surface area contributed by atoms with Gasteiger partial charge < -0.3 is 64.2 Å². The van der Waals surface area contributed by atoms with Crippen molar-refractivity contribution in [3.8, 4) is 11.1 Å². The summed E-state index contributed by atoms with van der Waals surface area (Å²) >= 11 is 0. The van der Waals surface area contributed by atoms with Crippen molar-refractivity contribution < 1.29 is 61.8 Å². The number of amidine groups is 1. The molecule has 1 aromatic carbocycles. The predicted molar refractivity (Wildman–Crippen MR) is 239 cm³/mol. The maximum atomic E-state index is 13.5. The number of nitrogens with two attached hydrogens (primary N) is 2. The normalized spacial score (nSPS) is 12.4. The molecule has 1 aliphatic heterocycles. The molecule has 2 heterocycles. The van der Waals surface area contributed by atoms with E-state index in [-0.39, 0.29) is 31.3 Å². The molecule has 5 N–H and O–H groups in total. The second-order valence-corrected chi connectivity index (χ2v) is 14.0. The molecule has 0 fully saturated rings. The van der Waals surface area contributed by atoms with Crippen molar-refractivity contribution in [1.29, 1.82) is 0 Å². The van der Waals surface area contributed by atoms with Gasteiger partial charge in [0.2, 0.25) is 5.91 Å². The summed E-state index contributed by atoms with van der Waals surface area (Å²) in [6, 6.07) is 5.73. The molecule has 0 bridgehead atoms. The lowest BCUT2D eigenvalue weighted by molar-refractivity contribution is -0.182. The van der Waals surface area contributed by atoms with Crippen LogP contribution >= 0.6 is 0 Å². The fraction of sp³-hybridized carbons (Fsp3) is 0.659. The van der Waals surface area contributed by atoms with E-state index >= 15 is 0 Å². The largest absolute Gasteiger partial charge is 0.387 e. The Morgan fingerprint density at radius 1 is 0.656 bits per heavy atom. The number of carbonyl (C=O) groups is 2.